The van der Waals surface area contributed by atoms with Crippen LogP contribution in [0.2, 0.25) is 0 Å². The summed E-state index contributed by atoms with van der Waals surface area (Å²) in [6.07, 6.45) is 0. The molecule has 0 atom stereocenters. The number of anilines is 3. The molecule has 10 aromatic rings. The van der Waals surface area contributed by atoms with E-state index in [1.807, 2.05) is 36.4 Å². The van der Waals surface area contributed by atoms with Crippen LogP contribution in [0.5, 0.6) is 0 Å². The first-order chi connectivity index (χ1) is 25.3. The fraction of sp³-hybridized carbons (Fsp3) is 0. The zero-order valence-electron chi connectivity index (χ0n) is 27.6. The Labute approximate surface area is 295 Å². The molecule has 2 heterocycles. The van der Waals surface area contributed by atoms with Crippen LogP contribution in [-0.2, 0) is 0 Å². The number of hydrogen-bond donors (Lipinski definition) is 0. The van der Waals surface area contributed by atoms with Crippen molar-refractivity contribution in [2.24, 2.45) is 0 Å². The zero-order chi connectivity index (χ0) is 33.7. The number of hydrogen-bond acceptors (Lipinski definition) is 3. The van der Waals surface area contributed by atoms with Gasteiger partial charge in [0.2, 0.25) is 5.89 Å². The lowest BCUT2D eigenvalue weighted by Gasteiger charge is -2.28. The standard InChI is InChI=1S/C47H31N3O/c1-3-13-32(14-4-1)38-17-7-10-20-43(38)49(35-26-28-36(29-27-35)50-44-21-11-8-18-39(44)40-19-9-12-22-45(40)50)37-25-23-33-24-30-42-46(41(33)31-37)51-47(48-42)34-15-5-2-6-16-34/h1-31H. The Morgan fingerprint density at radius 1 is 0.471 bits per heavy atom. The third-order valence-corrected chi connectivity index (χ3v) is 9.81. The Morgan fingerprint density at radius 3 is 1.78 bits per heavy atom. The molecule has 0 N–H and O–H groups in total. The van der Waals surface area contributed by atoms with Crippen LogP contribution in [0.1, 0.15) is 0 Å². The SMILES string of the molecule is c1ccc(-c2nc3ccc4ccc(N(c5ccc(-n6c7ccccc7c7ccccc76)cc5)c5ccccc5-c5ccccc5)cc4c3o2)cc1. The van der Waals surface area contributed by atoms with Crippen molar-refractivity contribution >= 4 is 60.7 Å². The third kappa shape index (κ3) is 4.88. The smallest absolute Gasteiger partial charge is 0.227 e. The summed E-state index contributed by atoms with van der Waals surface area (Å²) in [5, 5.41) is 4.62. The Hall–Kier alpha value is -6.91. The predicted molar refractivity (Wildman–Crippen MR) is 211 cm³/mol. The summed E-state index contributed by atoms with van der Waals surface area (Å²) in [4.78, 5) is 7.22. The molecular weight excluding hydrogens is 623 g/mol. The highest BCUT2D eigenvalue weighted by Crippen LogP contribution is 2.43. The van der Waals surface area contributed by atoms with E-state index >= 15 is 0 Å². The number of benzene rings is 8. The minimum absolute atomic E-state index is 0.621. The Bertz CT molecular complexity index is 2800. The topological polar surface area (TPSA) is 34.2 Å². The molecule has 0 saturated heterocycles. The lowest BCUT2D eigenvalue weighted by molar-refractivity contribution is 0.623. The Morgan fingerprint density at radius 2 is 1.06 bits per heavy atom. The number of aromatic nitrogens is 2. The van der Waals surface area contributed by atoms with Gasteiger partial charge in [0.15, 0.2) is 5.58 Å². The highest BCUT2D eigenvalue weighted by Gasteiger charge is 2.20. The molecule has 0 saturated carbocycles. The fourth-order valence-electron chi connectivity index (χ4n) is 7.45. The van der Waals surface area contributed by atoms with Crippen molar-refractivity contribution in [2.75, 3.05) is 4.90 Å². The maximum atomic E-state index is 6.50. The van der Waals surface area contributed by atoms with Gasteiger partial charge in [-0.25, -0.2) is 4.98 Å². The van der Waals surface area contributed by atoms with E-state index in [9.17, 15) is 0 Å². The average molecular weight is 654 g/mol. The van der Waals surface area contributed by atoms with E-state index in [4.69, 9.17) is 9.40 Å². The fourth-order valence-corrected chi connectivity index (χ4v) is 7.45. The maximum absolute atomic E-state index is 6.50. The van der Waals surface area contributed by atoms with Crippen molar-refractivity contribution in [3.05, 3.63) is 188 Å². The van der Waals surface area contributed by atoms with Gasteiger partial charge in [0, 0.05) is 44.3 Å². The van der Waals surface area contributed by atoms with Crippen LogP contribution >= 0.6 is 0 Å². The number of para-hydroxylation sites is 3. The first kappa shape index (κ1) is 29.0. The molecule has 0 aliphatic rings. The van der Waals surface area contributed by atoms with Crippen LogP contribution in [-0.4, -0.2) is 9.55 Å². The van der Waals surface area contributed by atoms with Crippen molar-refractivity contribution in [2.45, 2.75) is 0 Å². The third-order valence-electron chi connectivity index (χ3n) is 9.81. The van der Waals surface area contributed by atoms with Crippen molar-refractivity contribution in [3.8, 4) is 28.3 Å². The molecule has 4 heteroatoms. The quantitative estimate of drug-likeness (QED) is 0.179. The largest absolute Gasteiger partial charge is 0.435 e. The van der Waals surface area contributed by atoms with E-state index in [0.29, 0.717) is 5.89 Å². The number of fused-ring (bicyclic) bond motifs is 6. The zero-order valence-corrected chi connectivity index (χ0v) is 27.6. The molecule has 8 aromatic carbocycles. The lowest BCUT2D eigenvalue weighted by atomic mass is 10.0. The molecule has 0 radical (unpaired) electrons. The van der Waals surface area contributed by atoms with Gasteiger partial charge in [0.1, 0.15) is 5.52 Å². The summed E-state index contributed by atoms with van der Waals surface area (Å²) in [5.74, 6) is 0.621. The molecule has 240 valence electrons. The Kier molecular flexibility index (Phi) is 6.78. The minimum Gasteiger partial charge on any atom is -0.435 e. The van der Waals surface area contributed by atoms with Gasteiger partial charge in [0.05, 0.1) is 16.7 Å². The molecule has 0 unspecified atom stereocenters. The van der Waals surface area contributed by atoms with Crippen LogP contribution in [0.4, 0.5) is 17.1 Å². The monoisotopic (exact) mass is 653 g/mol. The molecule has 0 amide bonds. The second-order valence-electron chi connectivity index (χ2n) is 12.8. The van der Waals surface area contributed by atoms with Crippen LogP contribution in [0.25, 0.3) is 71.9 Å². The Balaban J connectivity index is 1.17. The summed E-state index contributed by atoms with van der Waals surface area (Å²) in [6, 6.07) is 66.3. The maximum Gasteiger partial charge on any atom is 0.227 e. The van der Waals surface area contributed by atoms with Crippen LogP contribution in [0, 0.1) is 0 Å². The molecule has 0 bridgehead atoms. The van der Waals surface area contributed by atoms with Crippen molar-refractivity contribution < 1.29 is 4.42 Å². The van der Waals surface area contributed by atoms with Gasteiger partial charge >= 0.3 is 0 Å². The highest BCUT2D eigenvalue weighted by atomic mass is 16.3. The molecule has 10 rings (SSSR count). The summed E-state index contributed by atoms with van der Waals surface area (Å²) in [5.41, 5.74) is 11.6. The molecule has 0 aliphatic carbocycles. The van der Waals surface area contributed by atoms with E-state index in [1.165, 1.54) is 21.8 Å². The van der Waals surface area contributed by atoms with Crippen LogP contribution in [0.15, 0.2) is 192 Å². The summed E-state index contributed by atoms with van der Waals surface area (Å²) >= 11 is 0. The van der Waals surface area contributed by atoms with Gasteiger partial charge in [-0.1, -0.05) is 115 Å². The van der Waals surface area contributed by atoms with Gasteiger partial charge in [-0.3, -0.25) is 0 Å². The second-order valence-corrected chi connectivity index (χ2v) is 12.8. The molecule has 4 nitrogen and oxygen atoms in total. The van der Waals surface area contributed by atoms with Crippen molar-refractivity contribution in [1.82, 2.24) is 9.55 Å². The minimum atomic E-state index is 0.621. The number of nitrogens with zero attached hydrogens (tertiary/aromatic N) is 3. The van der Waals surface area contributed by atoms with Gasteiger partial charge < -0.3 is 13.9 Å². The van der Waals surface area contributed by atoms with Crippen LogP contribution < -0.4 is 4.90 Å². The van der Waals surface area contributed by atoms with E-state index in [0.717, 1.165) is 61.3 Å². The van der Waals surface area contributed by atoms with Crippen LogP contribution in [0.3, 0.4) is 0 Å². The molecule has 51 heavy (non-hydrogen) atoms. The van der Waals surface area contributed by atoms with Gasteiger partial charge in [-0.15, -0.1) is 0 Å². The molecule has 0 spiro atoms. The summed E-state index contributed by atoms with van der Waals surface area (Å²) in [7, 11) is 0. The molecular formula is C47H31N3O. The lowest BCUT2D eigenvalue weighted by Crippen LogP contribution is -2.11. The predicted octanol–water partition coefficient (Wildman–Crippen LogP) is 12.9. The van der Waals surface area contributed by atoms with E-state index in [2.05, 4.69) is 161 Å². The van der Waals surface area contributed by atoms with Gasteiger partial charge in [-0.05, 0) is 83.7 Å². The molecule has 0 fully saturated rings. The van der Waals surface area contributed by atoms with E-state index < -0.39 is 0 Å². The van der Waals surface area contributed by atoms with Crippen molar-refractivity contribution in [1.29, 1.82) is 0 Å². The summed E-state index contributed by atoms with van der Waals surface area (Å²) < 4.78 is 8.86. The highest BCUT2D eigenvalue weighted by molar-refractivity contribution is 6.09. The van der Waals surface area contributed by atoms with Gasteiger partial charge in [0.25, 0.3) is 0 Å². The van der Waals surface area contributed by atoms with E-state index in [-0.39, 0.29) is 0 Å². The average Bonchev–Trinajstić information content (AvgIpc) is 3.80. The first-order valence-corrected chi connectivity index (χ1v) is 17.2. The first-order valence-electron chi connectivity index (χ1n) is 17.2. The van der Waals surface area contributed by atoms with E-state index in [1.54, 1.807) is 0 Å². The number of rotatable bonds is 6. The van der Waals surface area contributed by atoms with Crippen molar-refractivity contribution in [3.63, 3.8) is 0 Å². The second kappa shape index (κ2) is 11.9. The molecule has 2 aromatic heterocycles. The normalized spacial score (nSPS) is 11.5. The van der Waals surface area contributed by atoms with Gasteiger partial charge in [-0.2, -0.15) is 0 Å². The number of oxazole rings is 1. The molecule has 0 aliphatic heterocycles. The summed E-state index contributed by atoms with van der Waals surface area (Å²) in [6.45, 7) is 0.